The van der Waals surface area contributed by atoms with Gasteiger partial charge >= 0.3 is 12.0 Å². The van der Waals surface area contributed by atoms with Gasteiger partial charge in [-0.1, -0.05) is 6.92 Å². The van der Waals surface area contributed by atoms with Crippen molar-refractivity contribution >= 4 is 23.5 Å². The topological polar surface area (TPSA) is 103 Å². The van der Waals surface area contributed by atoms with Crippen molar-refractivity contribution in [3.8, 4) is 0 Å². The lowest BCUT2D eigenvalue weighted by atomic mass is 10.1. The Balaban J connectivity index is 2.00. The molecule has 2 rings (SSSR count). The number of anilines is 1. The first-order valence-corrected chi connectivity index (χ1v) is 8.37. The third-order valence-electron chi connectivity index (χ3n) is 4.04. The van der Waals surface area contributed by atoms with Crippen LogP contribution in [-0.4, -0.2) is 29.0 Å². The largest absolute Gasteiger partial charge is 0.454 e. The van der Waals surface area contributed by atoms with Gasteiger partial charge in [-0.3, -0.25) is 4.79 Å². The summed E-state index contributed by atoms with van der Waals surface area (Å²) in [5, 5.41) is 2.40. The van der Waals surface area contributed by atoms with Crippen LogP contribution in [0.25, 0.3) is 0 Å². The standard InChI is InChI=1S/C19H23N3O4/c1-4-9-22-12(2)10-16(13(22)3)17(23)11-26-18(24)14-5-7-15(8-6-14)21-19(20)25/h5-8,10H,4,9,11H2,1-3H3,(H3,20,21,25). The number of carbonyl (C=O) groups is 3. The molecule has 7 nitrogen and oxygen atoms in total. The summed E-state index contributed by atoms with van der Waals surface area (Å²) in [7, 11) is 0. The molecule has 0 saturated carbocycles. The Kier molecular flexibility index (Phi) is 6.16. The fourth-order valence-corrected chi connectivity index (χ4v) is 2.78. The Hall–Kier alpha value is -3.09. The summed E-state index contributed by atoms with van der Waals surface area (Å²) in [5.41, 5.74) is 8.24. The second kappa shape index (κ2) is 8.33. The van der Waals surface area contributed by atoms with Crippen LogP contribution in [0.15, 0.2) is 30.3 Å². The summed E-state index contributed by atoms with van der Waals surface area (Å²) in [6.45, 7) is 6.44. The maximum Gasteiger partial charge on any atom is 0.338 e. The first-order chi connectivity index (χ1) is 12.3. The molecule has 26 heavy (non-hydrogen) atoms. The summed E-state index contributed by atoms with van der Waals surface area (Å²) in [6, 6.07) is 7.18. The number of aromatic nitrogens is 1. The first kappa shape index (κ1) is 19.2. The van der Waals surface area contributed by atoms with Crippen molar-refractivity contribution < 1.29 is 19.1 Å². The van der Waals surface area contributed by atoms with E-state index in [9.17, 15) is 14.4 Å². The molecule has 0 atom stereocenters. The third kappa shape index (κ3) is 4.50. The van der Waals surface area contributed by atoms with E-state index in [0.717, 1.165) is 24.4 Å². The molecule has 2 aromatic rings. The lowest BCUT2D eigenvalue weighted by molar-refractivity contribution is 0.0474. The molecule has 0 aliphatic rings. The Morgan fingerprint density at radius 1 is 1.15 bits per heavy atom. The molecule has 2 amide bonds. The highest BCUT2D eigenvalue weighted by Crippen LogP contribution is 2.17. The lowest BCUT2D eigenvalue weighted by Crippen LogP contribution is -2.19. The number of nitrogens with zero attached hydrogens (tertiary/aromatic N) is 1. The average Bonchev–Trinajstić information content (AvgIpc) is 2.88. The van der Waals surface area contributed by atoms with Crippen molar-refractivity contribution in [1.82, 2.24) is 4.57 Å². The zero-order valence-electron chi connectivity index (χ0n) is 15.2. The highest BCUT2D eigenvalue weighted by Gasteiger charge is 2.17. The van der Waals surface area contributed by atoms with Crippen LogP contribution >= 0.6 is 0 Å². The number of carbonyl (C=O) groups excluding carboxylic acids is 3. The number of primary amides is 1. The molecule has 7 heteroatoms. The fraction of sp³-hybridized carbons (Fsp3) is 0.316. The molecular weight excluding hydrogens is 334 g/mol. The summed E-state index contributed by atoms with van der Waals surface area (Å²) < 4.78 is 7.20. The SMILES string of the molecule is CCCn1c(C)cc(C(=O)COC(=O)c2ccc(NC(N)=O)cc2)c1C. The first-order valence-electron chi connectivity index (χ1n) is 8.37. The van der Waals surface area contributed by atoms with Gasteiger partial charge in [-0.25, -0.2) is 9.59 Å². The van der Waals surface area contributed by atoms with E-state index in [-0.39, 0.29) is 18.0 Å². The van der Waals surface area contributed by atoms with Gasteiger partial charge < -0.3 is 20.4 Å². The number of Topliss-reactive ketones (excluding diaryl/α,β-unsaturated/α-hetero) is 1. The van der Waals surface area contributed by atoms with Gasteiger partial charge in [-0.05, 0) is 50.6 Å². The Labute approximate surface area is 152 Å². The minimum atomic E-state index is -0.688. The summed E-state index contributed by atoms with van der Waals surface area (Å²) in [4.78, 5) is 35.3. The van der Waals surface area contributed by atoms with Gasteiger partial charge in [0.25, 0.3) is 0 Å². The number of rotatable bonds is 7. The Morgan fingerprint density at radius 3 is 2.38 bits per heavy atom. The molecule has 0 unspecified atom stereocenters. The van der Waals surface area contributed by atoms with Crippen molar-refractivity contribution in [3.63, 3.8) is 0 Å². The Morgan fingerprint density at radius 2 is 1.81 bits per heavy atom. The highest BCUT2D eigenvalue weighted by atomic mass is 16.5. The lowest BCUT2D eigenvalue weighted by Gasteiger charge is -2.08. The number of urea groups is 1. The normalized spacial score (nSPS) is 10.4. The molecule has 138 valence electrons. The van der Waals surface area contributed by atoms with Gasteiger partial charge in [0, 0.05) is 29.2 Å². The van der Waals surface area contributed by atoms with Crippen molar-refractivity contribution in [3.05, 3.63) is 52.8 Å². The number of hydrogen-bond donors (Lipinski definition) is 2. The summed E-state index contributed by atoms with van der Waals surface area (Å²) in [6.07, 6.45) is 0.972. The van der Waals surface area contributed by atoms with E-state index in [1.54, 1.807) is 0 Å². The summed E-state index contributed by atoms with van der Waals surface area (Å²) in [5.74, 6) is -0.841. The van der Waals surface area contributed by atoms with E-state index < -0.39 is 12.0 Å². The van der Waals surface area contributed by atoms with E-state index in [1.807, 2.05) is 19.9 Å². The van der Waals surface area contributed by atoms with Crippen molar-refractivity contribution in [2.45, 2.75) is 33.7 Å². The zero-order valence-corrected chi connectivity index (χ0v) is 15.2. The maximum atomic E-state index is 12.4. The third-order valence-corrected chi connectivity index (χ3v) is 4.04. The van der Waals surface area contributed by atoms with Crippen LogP contribution < -0.4 is 11.1 Å². The van der Waals surface area contributed by atoms with Gasteiger partial charge in [0.2, 0.25) is 5.78 Å². The number of nitrogens with one attached hydrogen (secondary N) is 1. The van der Waals surface area contributed by atoms with E-state index in [4.69, 9.17) is 10.5 Å². The number of amides is 2. The van der Waals surface area contributed by atoms with Gasteiger partial charge in [0.05, 0.1) is 5.56 Å². The van der Waals surface area contributed by atoms with E-state index in [2.05, 4.69) is 16.8 Å². The van der Waals surface area contributed by atoms with Gasteiger partial charge in [-0.15, -0.1) is 0 Å². The number of esters is 1. The van der Waals surface area contributed by atoms with Gasteiger partial charge in [0.1, 0.15) is 0 Å². The minimum Gasteiger partial charge on any atom is -0.454 e. The van der Waals surface area contributed by atoms with E-state index in [0.29, 0.717) is 11.3 Å². The van der Waals surface area contributed by atoms with Crippen LogP contribution in [-0.2, 0) is 11.3 Å². The van der Waals surface area contributed by atoms with Crippen LogP contribution in [0.5, 0.6) is 0 Å². The number of benzene rings is 1. The maximum absolute atomic E-state index is 12.4. The van der Waals surface area contributed by atoms with Crippen molar-refractivity contribution in [1.29, 1.82) is 0 Å². The molecule has 0 aliphatic heterocycles. The van der Waals surface area contributed by atoms with Crippen LogP contribution in [0.4, 0.5) is 10.5 Å². The molecule has 0 radical (unpaired) electrons. The molecule has 1 heterocycles. The zero-order chi connectivity index (χ0) is 19.3. The minimum absolute atomic E-state index is 0.235. The van der Waals surface area contributed by atoms with Gasteiger partial charge in [-0.2, -0.15) is 0 Å². The van der Waals surface area contributed by atoms with Gasteiger partial charge in [0.15, 0.2) is 6.61 Å². The second-order valence-corrected chi connectivity index (χ2v) is 6.00. The number of aryl methyl sites for hydroxylation is 1. The molecule has 0 spiro atoms. The van der Waals surface area contributed by atoms with Crippen LogP contribution in [0, 0.1) is 13.8 Å². The quantitative estimate of drug-likeness (QED) is 0.587. The molecule has 0 fully saturated rings. The molecule has 1 aromatic heterocycles. The predicted molar refractivity (Wildman–Crippen MR) is 98.5 cm³/mol. The molecule has 0 aliphatic carbocycles. The number of hydrogen-bond acceptors (Lipinski definition) is 4. The predicted octanol–water partition coefficient (Wildman–Crippen LogP) is 3.05. The van der Waals surface area contributed by atoms with E-state index >= 15 is 0 Å². The fourth-order valence-electron chi connectivity index (χ4n) is 2.78. The summed E-state index contributed by atoms with van der Waals surface area (Å²) >= 11 is 0. The van der Waals surface area contributed by atoms with Crippen LogP contribution in [0.3, 0.4) is 0 Å². The smallest absolute Gasteiger partial charge is 0.338 e. The second-order valence-electron chi connectivity index (χ2n) is 6.00. The molecule has 1 aromatic carbocycles. The number of ether oxygens (including phenoxy) is 1. The van der Waals surface area contributed by atoms with Crippen molar-refractivity contribution in [2.24, 2.45) is 5.73 Å². The highest BCUT2D eigenvalue weighted by molar-refractivity contribution is 6.00. The Bertz CT molecular complexity index is 822. The average molecular weight is 357 g/mol. The van der Waals surface area contributed by atoms with Crippen LogP contribution in [0.2, 0.25) is 0 Å². The monoisotopic (exact) mass is 357 g/mol. The molecular formula is C19H23N3O4. The number of ketones is 1. The molecule has 0 saturated heterocycles. The van der Waals surface area contributed by atoms with Crippen molar-refractivity contribution in [2.75, 3.05) is 11.9 Å². The number of nitrogens with two attached hydrogens (primary N) is 1. The van der Waals surface area contributed by atoms with E-state index in [1.165, 1.54) is 24.3 Å². The van der Waals surface area contributed by atoms with Crippen LogP contribution in [0.1, 0.15) is 45.4 Å². The molecule has 0 bridgehead atoms. The molecule has 3 N–H and O–H groups in total.